The molecule has 0 bridgehead atoms. The van der Waals surface area contributed by atoms with Gasteiger partial charge < -0.3 is 14.4 Å². The molecule has 0 saturated carbocycles. The van der Waals surface area contributed by atoms with Crippen molar-refractivity contribution in [2.24, 2.45) is 0 Å². The topological polar surface area (TPSA) is 64.5 Å². The molecular weight excluding hydrogens is 377 g/mol. The van der Waals surface area contributed by atoms with E-state index in [4.69, 9.17) is 32.7 Å². The summed E-state index contributed by atoms with van der Waals surface area (Å²) in [4.78, 5) is 22.6. The number of ether oxygens (including phenoxy) is 2. The quantitative estimate of drug-likeness (QED) is 0.576. The van der Waals surface area contributed by atoms with E-state index in [-0.39, 0.29) is 18.0 Å². The van der Waals surface area contributed by atoms with Crippen molar-refractivity contribution in [2.75, 3.05) is 19.7 Å². The van der Waals surface area contributed by atoms with Crippen LogP contribution in [0.15, 0.2) is 30.3 Å². The Kier molecular flexibility index (Phi) is 4.73. The summed E-state index contributed by atoms with van der Waals surface area (Å²) in [5.74, 6) is 0. The van der Waals surface area contributed by atoms with E-state index < -0.39 is 5.41 Å². The first kappa shape index (κ1) is 17.5. The van der Waals surface area contributed by atoms with Gasteiger partial charge in [-0.25, -0.2) is 14.8 Å². The van der Waals surface area contributed by atoms with Crippen LogP contribution < -0.4 is 0 Å². The maximum Gasteiger partial charge on any atom is 0.410 e. The number of likely N-dealkylation sites (tertiary alicyclic amines) is 1. The molecule has 136 valence electrons. The largest absolute Gasteiger partial charge is 0.445 e. The van der Waals surface area contributed by atoms with E-state index in [1.807, 2.05) is 30.3 Å². The fraction of sp³-hybridized carbons (Fsp3) is 0.389. The second kappa shape index (κ2) is 7.02. The highest BCUT2D eigenvalue weighted by atomic mass is 35.5. The van der Waals surface area contributed by atoms with E-state index >= 15 is 0 Å². The number of hydrogen-bond acceptors (Lipinski definition) is 5. The summed E-state index contributed by atoms with van der Waals surface area (Å²) in [6, 6.07) is 9.60. The summed E-state index contributed by atoms with van der Waals surface area (Å²) in [6.45, 7) is 2.08. The third kappa shape index (κ3) is 3.24. The molecule has 1 aromatic carbocycles. The fourth-order valence-electron chi connectivity index (χ4n) is 3.56. The molecule has 6 nitrogen and oxygen atoms in total. The lowest BCUT2D eigenvalue weighted by molar-refractivity contribution is 0.0483. The Morgan fingerprint density at radius 3 is 2.88 bits per heavy atom. The first-order chi connectivity index (χ1) is 12.6. The van der Waals surface area contributed by atoms with E-state index in [0.29, 0.717) is 37.9 Å². The number of aromatic nitrogens is 2. The highest BCUT2D eigenvalue weighted by Crippen LogP contribution is 2.41. The molecule has 1 spiro atoms. The minimum Gasteiger partial charge on any atom is -0.445 e. The number of carbonyl (C=O) groups excluding carboxylic acids is 1. The predicted octanol–water partition coefficient (Wildman–Crippen LogP) is 3.59. The smallest absolute Gasteiger partial charge is 0.410 e. The normalized spacial score (nSPS) is 21.7. The zero-order chi connectivity index (χ0) is 18.1. The number of amides is 1. The molecule has 2 aliphatic heterocycles. The average molecular weight is 394 g/mol. The summed E-state index contributed by atoms with van der Waals surface area (Å²) in [6.07, 6.45) is 0.369. The summed E-state index contributed by atoms with van der Waals surface area (Å²) >= 11 is 12.2. The molecule has 3 heterocycles. The average Bonchev–Trinajstić information content (AvgIpc) is 3.06. The van der Waals surface area contributed by atoms with Crippen molar-refractivity contribution < 1.29 is 14.3 Å². The SMILES string of the molecule is O=C(OCc1ccccc1)N1CCC2(COCc3c(Cl)nc(Cl)nc32)C1. The first-order valence-corrected chi connectivity index (χ1v) is 9.09. The third-order valence-electron chi connectivity index (χ3n) is 4.87. The summed E-state index contributed by atoms with van der Waals surface area (Å²) in [5.41, 5.74) is 2.07. The summed E-state index contributed by atoms with van der Waals surface area (Å²) in [5, 5.41) is 0.421. The first-order valence-electron chi connectivity index (χ1n) is 8.33. The third-order valence-corrected chi connectivity index (χ3v) is 5.36. The number of carbonyl (C=O) groups is 1. The number of fused-ring (bicyclic) bond motifs is 2. The second-order valence-electron chi connectivity index (χ2n) is 6.60. The van der Waals surface area contributed by atoms with Crippen LogP contribution in [0.5, 0.6) is 0 Å². The Balaban J connectivity index is 1.49. The van der Waals surface area contributed by atoms with Crippen LogP contribution in [-0.2, 0) is 28.1 Å². The molecule has 2 aliphatic rings. The molecule has 1 fully saturated rings. The minimum atomic E-state index is -0.421. The van der Waals surface area contributed by atoms with Crippen molar-refractivity contribution in [1.29, 1.82) is 0 Å². The van der Waals surface area contributed by atoms with Crippen LogP contribution in [0.1, 0.15) is 23.2 Å². The van der Waals surface area contributed by atoms with Gasteiger partial charge in [-0.3, -0.25) is 0 Å². The lowest BCUT2D eigenvalue weighted by Crippen LogP contribution is -2.42. The lowest BCUT2D eigenvalue weighted by atomic mass is 9.81. The van der Waals surface area contributed by atoms with Gasteiger partial charge >= 0.3 is 6.09 Å². The van der Waals surface area contributed by atoms with Crippen molar-refractivity contribution in [1.82, 2.24) is 14.9 Å². The Hall–Kier alpha value is -1.89. The summed E-state index contributed by atoms with van der Waals surface area (Å²) < 4.78 is 11.2. The molecule has 1 unspecified atom stereocenters. The van der Waals surface area contributed by atoms with Crippen LogP contribution in [0, 0.1) is 0 Å². The molecular formula is C18H17Cl2N3O3. The molecule has 4 rings (SSSR count). The van der Waals surface area contributed by atoms with Gasteiger partial charge in [0.2, 0.25) is 5.28 Å². The maximum atomic E-state index is 12.5. The molecule has 0 aliphatic carbocycles. The van der Waals surface area contributed by atoms with E-state index in [0.717, 1.165) is 16.8 Å². The highest BCUT2D eigenvalue weighted by molar-refractivity contribution is 6.32. The van der Waals surface area contributed by atoms with Crippen LogP contribution in [0.3, 0.4) is 0 Å². The number of halogens is 2. The maximum absolute atomic E-state index is 12.5. The van der Waals surface area contributed by atoms with Gasteiger partial charge in [-0.15, -0.1) is 0 Å². The fourth-order valence-corrected chi connectivity index (χ4v) is 4.00. The van der Waals surface area contributed by atoms with Crippen LogP contribution in [0.25, 0.3) is 0 Å². The Labute approximate surface area is 161 Å². The molecule has 0 N–H and O–H groups in total. The van der Waals surface area contributed by atoms with Crippen molar-refractivity contribution in [3.63, 3.8) is 0 Å². The number of hydrogen-bond donors (Lipinski definition) is 0. The van der Waals surface area contributed by atoms with Crippen molar-refractivity contribution in [3.8, 4) is 0 Å². The van der Waals surface area contributed by atoms with Gasteiger partial charge in [-0.2, -0.15) is 0 Å². The Morgan fingerprint density at radius 2 is 2.08 bits per heavy atom. The molecule has 1 atom stereocenters. The number of rotatable bonds is 2. The van der Waals surface area contributed by atoms with Gasteiger partial charge in [0.1, 0.15) is 11.8 Å². The van der Waals surface area contributed by atoms with Crippen LogP contribution in [0.2, 0.25) is 10.4 Å². The molecule has 26 heavy (non-hydrogen) atoms. The van der Waals surface area contributed by atoms with Crippen molar-refractivity contribution in [2.45, 2.75) is 25.0 Å². The van der Waals surface area contributed by atoms with Crippen LogP contribution in [-0.4, -0.2) is 40.7 Å². The lowest BCUT2D eigenvalue weighted by Gasteiger charge is -2.34. The van der Waals surface area contributed by atoms with E-state index in [9.17, 15) is 4.79 Å². The monoisotopic (exact) mass is 393 g/mol. The van der Waals surface area contributed by atoms with E-state index in [2.05, 4.69) is 9.97 Å². The molecule has 8 heteroatoms. The van der Waals surface area contributed by atoms with Crippen molar-refractivity contribution in [3.05, 3.63) is 57.6 Å². The molecule has 0 radical (unpaired) electrons. The molecule has 2 aromatic rings. The number of nitrogens with zero attached hydrogens (tertiary/aromatic N) is 3. The highest BCUT2D eigenvalue weighted by Gasteiger charge is 2.47. The van der Waals surface area contributed by atoms with Gasteiger partial charge in [0, 0.05) is 18.7 Å². The van der Waals surface area contributed by atoms with Crippen LogP contribution >= 0.6 is 23.2 Å². The summed E-state index contributed by atoms with van der Waals surface area (Å²) in [7, 11) is 0. The Morgan fingerprint density at radius 1 is 1.27 bits per heavy atom. The second-order valence-corrected chi connectivity index (χ2v) is 7.29. The standard InChI is InChI=1S/C18H17Cl2N3O3/c19-15-13-9-25-11-18(14(13)21-16(20)22-15)6-7-23(10-18)17(24)26-8-12-4-2-1-3-5-12/h1-5H,6-11H2. The van der Waals surface area contributed by atoms with Crippen LogP contribution in [0.4, 0.5) is 4.79 Å². The minimum absolute atomic E-state index is 0.111. The van der Waals surface area contributed by atoms with Gasteiger partial charge in [-0.1, -0.05) is 41.9 Å². The molecule has 1 aromatic heterocycles. The van der Waals surface area contributed by atoms with Gasteiger partial charge in [0.25, 0.3) is 0 Å². The van der Waals surface area contributed by atoms with Gasteiger partial charge in [0.15, 0.2) is 0 Å². The van der Waals surface area contributed by atoms with Gasteiger partial charge in [0.05, 0.1) is 24.3 Å². The van der Waals surface area contributed by atoms with Gasteiger partial charge in [-0.05, 0) is 23.6 Å². The molecule has 1 amide bonds. The Bertz CT molecular complexity index is 834. The molecule has 1 saturated heterocycles. The predicted molar refractivity (Wildman–Crippen MR) is 96.2 cm³/mol. The van der Waals surface area contributed by atoms with E-state index in [1.165, 1.54) is 0 Å². The van der Waals surface area contributed by atoms with E-state index in [1.54, 1.807) is 4.90 Å². The van der Waals surface area contributed by atoms with Crippen molar-refractivity contribution >= 4 is 29.3 Å². The number of benzene rings is 1. The zero-order valence-corrected chi connectivity index (χ0v) is 15.5. The zero-order valence-electron chi connectivity index (χ0n) is 14.0.